The van der Waals surface area contributed by atoms with Gasteiger partial charge in [-0.15, -0.1) is 0 Å². The first-order chi connectivity index (χ1) is 13.9. The standard InChI is InChI=1S/C20H25FN6O2/c1-20(2,28)12-11-27-16(10-24-18(27)8-17(12)29-3)14-5-7-23-19(25-14)26-15-9-22-6-4-13(15)21/h5,7-8,10-11,13,15,22,28H,4,6,9H2,1-3H3,(H,23,25,26)/t13-,15-/m0/s1. The highest BCUT2D eigenvalue weighted by atomic mass is 19.1. The Hall–Kier alpha value is -2.78. The normalized spacial score (nSPS) is 20.0. The van der Waals surface area contributed by atoms with Crippen LogP contribution < -0.4 is 15.4 Å². The number of pyridine rings is 1. The first-order valence-corrected chi connectivity index (χ1v) is 9.59. The Balaban J connectivity index is 1.71. The molecule has 0 unspecified atom stereocenters. The highest BCUT2D eigenvalue weighted by Crippen LogP contribution is 2.32. The molecule has 2 atom stereocenters. The van der Waals surface area contributed by atoms with Gasteiger partial charge in [0.05, 0.1) is 36.3 Å². The largest absolute Gasteiger partial charge is 0.496 e. The maximum atomic E-state index is 14.1. The molecule has 0 spiro atoms. The highest BCUT2D eigenvalue weighted by molar-refractivity contribution is 5.63. The number of aliphatic hydroxyl groups is 1. The van der Waals surface area contributed by atoms with E-state index in [1.54, 1.807) is 51.7 Å². The number of hydrogen-bond donors (Lipinski definition) is 3. The van der Waals surface area contributed by atoms with E-state index in [-0.39, 0.29) is 6.04 Å². The van der Waals surface area contributed by atoms with Crippen LogP contribution in [0.3, 0.4) is 0 Å². The van der Waals surface area contributed by atoms with Gasteiger partial charge in [0.2, 0.25) is 5.95 Å². The molecular formula is C20H25FN6O2. The highest BCUT2D eigenvalue weighted by Gasteiger charge is 2.26. The number of ether oxygens (including phenoxy) is 1. The van der Waals surface area contributed by atoms with Crippen LogP contribution in [0, 0.1) is 0 Å². The van der Waals surface area contributed by atoms with Crippen LogP contribution in [0.15, 0.2) is 30.7 Å². The maximum Gasteiger partial charge on any atom is 0.223 e. The summed E-state index contributed by atoms with van der Waals surface area (Å²) in [5, 5.41) is 16.8. The number of rotatable bonds is 5. The lowest BCUT2D eigenvalue weighted by Crippen LogP contribution is -2.46. The van der Waals surface area contributed by atoms with E-state index in [1.807, 2.05) is 4.40 Å². The Kier molecular flexibility index (Phi) is 5.10. The van der Waals surface area contributed by atoms with Crippen molar-refractivity contribution in [3.63, 3.8) is 0 Å². The van der Waals surface area contributed by atoms with E-state index < -0.39 is 11.8 Å². The van der Waals surface area contributed by atoms with Crippen molar-refractivity contribution in [2.45, 2.75) is 38.1 Å². The third-order valence-electron chi connectivity index (χ3n) is 5.12. The second-order valence-electron chi connectivity index (χ2n) is 7.71. The van der Waals surface area contributed by atoms with E-state index in [0.717, 1.165) is 5.69 Å². The van der Waals surface area contributed by atoms with Gasteiger partial charge in [0, 0.05) is 30.6 Å². The van der Waals surface area contributed by atoms with Gasteiger partial charge in [0.25, 0.3) is 0 Å². The summed E-state index contributed by atoms with van der Waals surface area (Å²) in [6, 6.07) is 3.18. The number of anilines is 1. The molecule has 3 aromatic rings. The number of hydrogen-bond acceptors (Lipinski definition) is 7. The Morgan fingerprint density at radius 3 is 2.93 bits per heavy atom. The van der Waals surface area contributed by atoms with E-state index in [9.17, 15) is 9.50 Å². The third-order valence-corrected chi connectivity index (χ3v) is 5.12. The molecule has 0 amide bonds. The Morgan fingerprint density at radius 1 is 1.38 bits per heavy atom. The molecule has 0 radical (unpaired) electrons. The van der Waals surface area contributed by atoms with Crippen molar-refractivity contribution in [3.05, 3.63) is 36.3 Å². The average Bonchev–Trinajstić information content (AvgIpc) is 3.11. The van der Waals surface area contributed by atoms with Gasteiger partial charge in [0.15, 0.2) is 0 Å². The average molecular weight is 400 g/mol. The fraction of sp³-hybridized carbons (Fsp3) is 0.450. The summed E-state index contributed by atoms with van der Waals surface area (Å²) in [7, 11) is 1.56. The Labute approximate surface area is 168 Å². The number of aromatic nitrogens is 4. The van der Waals surface area contributed by atoms with Crippen LogP contribution in [0.2, 0.25) is 0 Å². The molecule has 154 valence electrons. The zero-order valence-corrected chi connectivity index (χ0v) is 16.7. The van der Waals surface area contributed by atoms with Crippen LogP contribution in [0.25, 0.3) is 17.0 Å². The summed E-state index contributed by atoms with van der Waals surface area (Å²) in [4.78, 5) is 13.2. The zero-order valence-electron chi connectivity index (χ0n) is 16.7. The van der Waals surface area contributed by atoms with Crippen molar-refractivity contribution in [1.29, 1.82) is 0 Å². The Bertz CT molecular complexity index is 1020. The second kappa shape index (κ2) is 7.57. The number of halogens is 1. The van der Waals surface area contributed by atoms with Crippen molar-refractivity contribution in [2.24, 2.45) is 0 Å². The van der Waals surface area contributed by atoms with E-state index in [2.05, 4.69) is 25.6 Å². The molecule has 0 saturated carbocycles. The molecular weight excluding hydrogens is 375 g/mol. The van der Waals surface area contributed by atoms with Crippen LogP contribution in [0.5, 0.6) is 5.75 Å². The fourth-order valence-electron chi connectivity index (χ4n) is 3.53. The second-order valence-corrected chi connectivity index (χ2v) is 7.71. The van der Waals surface area contributed by atoms with Gasteiger partial charge in [-0.05, 0) is 32.9 Å². The van der Waals surface area contributed by atoms with Crippen LogP contribution in [-0.2, 0) is 5.60 Å². The minimum Gasteiger partial charge on any atom is -0.496 e. The molecule has 8 nitrogen and oxygen atoms in total. The summed E-state index contributed by atoms with van der Waals surface area (Å²) in [6.45, 7) is 4.60. The molecule has 1 aliphatic heterocycles. The number of nitrogens with one attached hydrogen (secondary N) is 2. The molecule has 0 bridgehead atoms. The maximum absolute atomic E-state index is 14.1. The van der Waals surface area contributed by atoms with Gasteiger partial charge >= 0.3 is 0 Å². The predicted octanol–water partition coefficient (Wildman–Crippen LogP) is 2.14. The topological polar surface area (TPSA) is 96.6 Å². The van der Waals surface area contributed by atoms with E-state index in [4.69, 9.17) is 4.74 Å². The molecule has 3 N–H and O–H groups in total. The van der Waals surface area contributed by atoms with Crippen LogP contribution in [0.4, 0.5) is 10.3 Å². The van der Waals surface area contributed by atoms with Crippen molar-refractivity contribution in [1.82, 2.24) is 24.7 Å². The van der Waals surface area contributed by atoms with Crippen molar-refractivity contribution >= 4 is 11.6 Å². The summed E-state index contributed by atoms with van der Waals surface area (Å²) >= 11 is 0. The van der Waals surface area contributed by atoms with Crippen molar-refractivity contribution in [2.75, 3.05) is 25.5 Å². The number of imidazole rings is 1. The van der Waals surface area contributed by atoms with E-state index in [0.29, 0.717) is 48.1 Å². The molecule has 3 aromatic heterocycles. The SMILES string of the molecule is COc1cc2ncc(-c3ccnc(N[C@H]4CNCC[C@@H]4F)n3)n2cc1C(C)(C)O. The summed E-state index contributed by atoms with van der Waals surface area (Å²) in [5.41, 5.74) is 1.58. The Morgan fingerprint density at radius 2 is 2.21 bits per heavy atom. The lowest BCUT2D eigenvalue weighted by molar-refractivity contribution is 0.0752. The molecule has 1 aliphatic rings. The first kappa shape index (κ1) is 19.5. The van der Waals surface area contributed by atoms with Crippen molar-refractivity contribution < 1.29 is 14.2 Å². The molecule has 1 fully saturated rings. The van der Waals surface area contributed by atoms with Crippen LogP contribution in [0.1, 0.15) is 25.8 Å². The van der Waals surface area contributed by atoms with Gasteiger partial charge in [-0.1, -0.05) is 0 Å². The summed E-state index contributed by atoms with van der Waals surface area (Å²) < 4.78 is 21.4. The fourth-order valence-corrected chi connectivity index (χ4v) is 3.53. The lowest BCUT2D eigenvalue weighted by Gasteiger charge is -2.27. The van der Waals surface area contributed by atoms with Gasteiger partial charge in [-0.25, -0.2) is 19.3 Å². The lowest BCUT2D eigenvalue weighted by atomic mass is 9.99. The number of fused-ring (bicyclic) bond motifs is 1. The number of methoxy groups -OCH3 is 1. The zero-order chi connectivity index (χ0) is 20.6. The van der Waals surface area contributed by atoms with Gasteiger partial charge in [0.1, 0.15) is 17.6 Å². The molecule has 1 saturated heterocycles. The van der Waals surface area contributed by atoms with Crippen molar-refractivity contribution in [3.8, 4) is 17.1 Å². The smallest absolute Gasteiger partial charge is 0.223 e. The van der Waals surface area contributed by atoms with Crippen LogP contribution >= 0.6 is 0 Å². The first-order valence-electron chi connectivity index (χ1n) is 9.59. The molecule has 9 heteroatoms. The molecule has 0 aliphatic carbocycles. The predicted molar refractivity (Wildman–Crippen MR) is 108 cm³/mol. The number of nitrogens with zero attached hydrogens (tertiary/aromatic N) is 4. The number of alkyl halides is 1. The quantitative estimate of drug-likeness (QED) is 0.604. The summed E-state index contributed by atoms with van der Waals surface area (Å²) in [5.74, 6) is 0.927. The van der Waals surface area contributed by atoms with Gasteiger partial charge < -0.3 is 20.5 Å². The molecule has 0 aromatic carbocycles. The van der Waals surface area contributed by atoms with E-state index >= 15 is 0 Å². The third kappa shape index (κ3) is 3.88. The minimum atomic E-state index is -1.09. The van der Waals surface area contributed by atoms with Crippen LogP contribution in [-0.4, -0.2) is 56.9 Å². The molecule has 4 rings (SSSR count). The van der Waals surface area contributed by atoms with E-state index in [1.165, 1.54) is 0 Å². The summed E-state index contributed by atoms with van der Waals surface area (Å²) in [6.07, 6.45) is 4.66. The minimum absolute atomic E-state index is 0.366. The monoisotopic (exact) mass is 400 g/mol. The van der Waals surface area contributed by atoms with Gasteiger partial charge in [-0.2, -0.15) is 0 Å². The molecule has 29 heavy (non-hydrogen) atoms. The molecule has 4 heterocycles. The van der Waals surface area contributed by atoms with Gasteiger partial charge in [-0.3, -0.25) is 4.40 Å². The number of piperidine rings is 1.